The van der Waals surface area contributed by atoms with Crippen molar-refractivity contribution in [3.05, 3.63) is 29.8 Å². The summed E-state index contributed by atoms with van der Waals surface area (Å²) in [5.41, 5.74) is -1.05. The zero-order valence-corrected chi connectivity index (χ0v) is 11.4. The van der Waals surface area contributed by atoms with Crippen LogP contribution in [-0.2, 0) is 25.5 Å². The van der Waals surface area contributed by atoms with Crippen LogP contribution in [0.15, 0.2) is 29.2 Å². The minimum atomic E-state index is -4.62. The Morgan fingerprint density at radius 3 is 2.50 bits per heavy atom. The maximum Gasteiger partial charge on any atom is 0.416 e. The molecule has 0 heterocycles. The van der Waals surface area contributed by atoms with Crippen LogP contribution < -0.4 is 0 Å². The SMILES string of the molecule is CCOC(=O)CCS(=O)(=O)c1cccc(C(F)(F)F)c1. The largest absolute Gasteiger partial charge is 0.466 e. The first-order valence-electron chi connectivity index (χ1n) is 5.72. The van der Waals surface area contributed by atoms with Crippen molar-refractivity contribution in [3.63, 3.8) is 0 Å². The summed E-state index contributed by atoms with van der Waals surface area (Å²) < 4.78 is 65.8. The van der Waals surface area contributed by atoms with Crippen molar-refractivity contribution in [1.29, 1.82) is 0 Å². The fourth-order valence-electron chi connectivity index (χ4n) is 1.43. The van der Waals surface area contributed by atoms with Gasteiger partial charge in [-0.05, 0) is 25.1 Å². The zero-order valence-electron chi connectivity index (χ0n) is 10.6. The second kappa shape index (κ2) is 6.25. The molecular formula is C12H13F3O4S. The van der Waals surface area contributed by atoms with Crippen LogP contribution >= 0.6 is 0 Å². The topological polar surface area (TPSA) is 60.4 Å². The van der Waals surface area contributed by atoms with Crippen molar-refractivity contribution in [2.45, 2.75) is 24.4 Å². The molecule has 0 N–H and O–H groups in total. The Morgan fingerprint density at radius 1 is 1.30 bits per heavy atom. The molecule has 1 aromatic rings. The smallest absolute Gasteiger partial charge is 0.416 e. The van der Waals surface area contributed by atoms with E-state index in [-0.39, 0.29) is 6.61 Å². The number of hydrogen-bond acceptors (Lipinski definition) is 4. The van der Waals surface area contributed by atoms with E-state index >= 15 is 0 Å². The third kappa shape index (κ3) is 4.52. The fraction of sp³-hybridized carbons (Fsp3) is 0.417. The molecule has 1 aromatic carbocycles. The lowest BCUT2D eigenvalue weighted by Gasteiger charge is -2.09. The van der Waals surface area contributed by atoms with E-state index < -0.39 is 44.6 Å². The summed E-state index contributed by atoms with van der Waals surface area (Å²) in [6.07, 6.45) is -5.01. The second-order valence-corrected chi connectivity index (χ2v) is 6.01. The Bertz CT molecular complexity index is 579. The molecule has 0 saturated carbocycles. The van der Waals surface area contributed by atoms with Crippen molar-refractivity contribution in [2.24, 2.45) is 0 Å². The van der Waals surface area contributed by atoms with E-state index in [1.54, 1.807) is 6.92 Å². The van der Waals surface area contributed by atoms with Crippen molar-refractivity contribution in [1.82, 2.24) is 0 Å². The number of benzene rings is 1. The number of alkyl halides is 3. The number of carbonyl (C=O) groups excluding carboxylic acids is 1. The molecule has 0 saturated heterocycles. The normalized spacial score (nSPS) is 12.2. The maximum absolute atomic E-state index is 12.5. The molecule has 0 aliphatic heterocycles. The van der Waals surface area contributed by atoms with E-state index in [0.717, 1.165) is 18.2 Å². The first-order valence-corrected chi connectivity index (χ1v) is 7.37. The summed E-state index contributed by atoms with van der Waals surface area (Å²) >= 11 is 0. The molecule has 0 atom stereocenters. The van der Waals surface area contributed by atoms with Gasteiger partial charge in [-0.25, -0.2) is 8.42 Å². The van der Waals surface area contributed by atoms with Crippen LogP contribution in [0, 0.1) is 0 Å². The molecule has 0 bridgehead atoms. The van der Waals surface area contributed by atoms with Crippen LogP contribution in [0.5, 0.6) is 0 Å². The summed E-state index contributed by atoms with van der Waals surface area (Å²) in [6, 6.07) is 3.42. The van der Waals surface area contributed by atoms with E-state index in [4.69, 9.17) is 0 Å². The molecule has 0 fully saturated rings. The summed E-state index contributed by atoms with van der Waals surface area (Å²) in [7, 11) is -3.96. The predicted molar refractivity (Wildman–Crippen MR) is 64.7 cm³/mol. The first kappa shape index (κ1) is 16.5. The number of halogens is 3. The van der Waals surface area contributed by atoms with Crippen molar-refractivity contribution >= 4 is 15.8 Å². The molecule has 0 aliphatic carbocycles. The quantitative estimate of drug-likeness (QED) is 0.784. The second-order valence-electron chi connectivity index (χ2n) is 3.90. The van der Waals surface area contributed by atoms with Gasteiger partial charge in [0, 0.05) is 0 Å². The van der Waals surface area contributed by atoms with Gasteiger partial charge in [-0.2, -0.15) is 13.2 Å². The number of ether oxygens (including phenoxy) is 1. The fourth-order valence-corrected chi connectivity index (χ4v) is 2.70. The van der Waals surface area contributed by atoms with Crippen molar-refractivity contribution < 1.29 is 31.1 Å². The molecule has 1 rings (SSSR count). The predicted octanol–water partition coefficient (Wildman–Crippen LogP) is 2.43. The number of rotatable bonds is 5. The van der Waals surface area contributed by atoms with Gasteiger partial charge in [0.25, 0.3) is 0 Å². The molecule has 0 radical (unpaired) electrons. The Morgan fingerprint density at radius 2 is 1.95 bits per heavy atom. The summed E-state index contributed by atoms with van der Waals surface area (Å²) in [6.45, 7) is 1.68. The number of carbonyl (C=O) groups is 1. The van der Waals surface area contributed by atoms with Crippen molar-refractivity contribution in [3.8, 4) is 0 Å². The van der Waals surface area contributed by atoms with Crippen LogP contribution in [0.3, 0.4) is 0 Å². The summed E-state index contributed by atoms with van der Waals surface area (Å²) in [4.78, 5) is 10.6. The van der Waals surface area contributed by atoms with E-state index in [2.05, 4.69) is 4.74 Å². The van der Waals surface area contributed by atoms with Crippen LogP contribution in [-0.4, -0.2) is 26.7 Å². The maximum atomic E-state index is 12.5. The average molecular weight is 310 g/mol. The van der Waals surface area contributed by atoms with Crippen molar-refractivity contribution in [2.75, 3.05) is 12.4 Å². The average Bonchev–Trinajstić information content (AvgIpc) is 2.36. The lowest BCUT2D eigenvalue weighted by Crippen LogP contribution is -2.14. The number of sulfone groups is 1. The molecular weight excluding hydrogens is 297 g/mol. The molecule has 20 heavy (non-hydrogen) atoms. The highest BCUT2D eigenvalue weighted by atomic mass is 32.2. The zero-order chi connectivity index (χ0) is 15.4. The van der Waals surface area contributed by atoms with Gasteiger partial charge in [-0.1, -0.05) is 6.07 Å². The van der Waals surface area contributed by atoms with Gasteiger partial charge in [0.2, 0.25) is 0 Å². The highest BCUT2D eigenvalue weighted by Gasteiger charge is 2.31. The van der Waals surface area contributed by atoms with Crippen LogP contribution in [0.2, 0.25) is 0 Å². The van der Waals surface area contributed by atoms with E-state index in [1.807, 2.05) is 0 Å². The highest BCUT2D eigenvalue weighted by molar-refractivity contribution is 7.91. The van der Waals surface area contributed by atoms with Gasteiger partial charge in [-0.3, -0.25) is 4.79 Å². The third-order valence-electron chi connectivity index (χ3n) is 2.40. The van der Waals surface area contributed by atoms with Crippen LogP contribution in [0.4, 0.5) is 13.2 Å². The summed E-state index contributed by atoms with van der Waals surface area (Å²) in [5.74, 6) is -1.30. The molecule has 0 aliphatic rings. The number of esters is 1. The van der Waals surface area contributed by atoms with Gasteiger partial charge >= 0.3 is 12.1 Å². The molecule has 0 aromatic heterocycles. The molecule has 112 valence electrons. The lowest BCUT2D eigenvalue weighted by atomic mass is 10.2. The molecule has 8 heteroatoms. The third-order valence-corrected chi connectivity index (χ3v) is 4.11. The minimum absolute atomic E-state index is 0.114. The highest BCUT2D eigenvalue weighted by Crippen LogP contribution is 2.30. The van der Waals surface area contributed by atoms with E-state index in [0.29, 0.717) is 6.07 Å². The van der Waals surface area contributed by atoms with Gasteiger partial charge in [-0.15, -0.1) is 0 Å². The van der Waals surface area contributed by atoms with Crippen LogP contribution in [0.25, 0.3) is 0 Å². The lowest BCUT2D eigenvalue weighted by molar-refractivity contribution is -0.142. The van der Waals surface area contributed by atoms with E-state index in [1.165, 1.54) is 0 Å². The van der Waals surface area contributed by atoms with Gasteiger partial charge in [0.05, 0.1) is 29.2 Å². The van der Waals surface area contributed by atoms with Gasteiger partial charge in [0.15, 0.2) is 9.84 Å². The van der Waals surface area contributed by atoms with E-state index in [9.17, 15) is 26.4 Å². The Labute approximate surface area is 114 Å². The minimum Gasteiger partial charge on any atom is -0.466 e. The van der Waals surface area contributed by atoms with Gasteiger partial charge in [0.1, 0.15) is 0 Å². The molecule has 0 amide bonds. The first-order chi connectivity index (χ1) is 9.16. The Kier molecular flexibility index (Phi) is 5.15. The summed E-state index contributed by atoms with van der Waals surface area (Å²) in [5, 5.41) is 0. The molecule has 0 unspecified atom stereocenters. The molecule has 4 nitrogen and oxygen atoms in total. The van der Waals surface area contributed by atoms with Crippen LogP contribution in [0.1, 0.15) is 18.9 Å². The standard InChI is InChI=1S/C12H13F3O4S/c1-2-19-11(16)6-7-20(17,18)10-5-3-4-9(8-10)12(13,14)15/h3-5,8H,2,6-7H2,1H3. The Balaban J connectivity index is 2.91. The number of hydrogen-bond donors (Lipinski definition) is 0. The molecule has 0 spiro atoms. The van der Waals surface area contributed by atoms with Gasteiger partial charge < -0.3 is 4.74 Å². The monoisotopic (exact) mass is 310 g/mol. The Hall–Kier alpha value is -1.57.